The third-order valence-electron chi connectivity index (χ3n) is 3.99. The van der Waals surface area contributed by atoms with Crippen LogP contribution in [0.1, 0.15) is 39.5 Å². The van der Waals surface area contributed by atoms with Gasteiger partial charge in [-0.1, -0.05) is 19.8 Å². The van der Waals surface area contributed by atoms with Crippen molar-refractivity contribution in [3.05, 3.63) is 24.3 Å². The van der Waals surface area contributed by atoms with E-state index in [1.54, 1.807) is 4.90 Å². The zero-order valence-corrected chi connectivity index (χ0v) is 14.5. The summed E-state index contributed by atoms with van der Waals surface area (Å²) in [5, 5.41) is 5.72. The van der Waals surface area contributed by atoms with Gasteiger partial charge in [-0.25, -0.2) is 4.79 Å². The summed E-state index contributed by atoms with van der Waals surface area (Å²) in [6, 6.07) is 7.10. The third-order valence-corrected chi connectivity index (χ3v) is 3.99. The van der Waals surface area contributed by atoms with Gasteiger partial charge in [0.15, 0.2) is 0 Å². The average molecular weight is 333 g/mol. The molecule has 24 heavy (non-hydrogen) atoms. The number of rotatable bonds is 8. The van der Waals surface area contributed by atoms with Gasteiger partial charge in [-0.05, 0) is 37.6 Å². The van der Waals surface area contributed by atoms with Crippen LogP contribution < -0.4 is 20.3 Å². The number of urea groups is 1. The van der Waals surface area contributed by atoms with Gasteiger partial charge in [0.25, 0.3) is 0 Å². The molecule has 1 aromatic carbocycles. The molecular formula is C18H27N3O3. The first-order valence-corrected chi connectivity index (χ1v) is 8.71. The molecule has 0 aliphatic carbocycles. The van der Waals surface area contributed by atoms with E-state index in [1.807, 2.05) is 31.2 Å². The molecule has 1 aliphatic heterocycles. The molecule has 0 bridgehead atoms. The quantitative estimate of drug-likeness (QED) is 0.719. The van der Waals surface area contributed by atoms with Gasteiger partial charge >= 0.3 is 6.03 Å². The van der Waals surface area contributed by atoms with E-state index in [0.717, 1.165) is 30.7 Å². The van der Waals surface area contributed by atoms with E-state index < -0.39 is 0 Å². The van der Waals surface area contributed by atoms with Crippen LogP contribution in [0.5, 0.6) is 5.75 Å². The fourth-order valence-electron chi connectivity index (χ4n) is 2.76. The molecule has 1 aliphatic rings. The highest BCUT2D eigenvalue weighted by Crippen LogP contribution is 2.24. The normalized spacial score (nSPS) is 17.0. The van der Waals surface area contributed by atoms with Gasteiger partial charge < -0.3 is 20.3 Å². The zero-order chi connectivity index (χ0) is 17.4. The van der Waals surface area contributed by atoms with E-state index >= 15 is 0 Å². The number of benzene rings is 1. The van der Waals surface area contributed by atoms with Gasteiger partial charge in [0.05, 0.1) is 12.6 Å². The third kappa shape index (κ3) is 5.15. The lowest BCUT2D eigenvalue weighted by molar-refractivity contribution is -0.117. The molecule has 1 heterocycles. The number of hydrogen-bond acceptors (Lipinski definition) is 3. The van der Waals surface area contributed by atoms with Gasteiger partial charge in [-0.15, -0.1) is 0 Å². The molecule has 1 atom stereocenters. The Morgan fingerprint density at radius 1 is 1.25 bits per heavy atom. The Morgan fingerprint density at radius 3 is 2.67 bits per heavy atom. The standard InChI is InChI=1S/C18H27N3O3/c1-3-5-6-11-19-18(23)20-14-12-17(22)21(13-14)15-7-9-16(10-8-15)24-4-2/h7-10,14H,3-6,11-13H2,1-2H3,(H2,19,20,23). The van der Waals surface area contributed by atoms with Gasteiger partial charge in [0, 0.05) is 25.2 Å². The van der Waals surface area contributed by atoms with Crippen LogP contribution in [-0.2, 0) is 4.79 Å². The van der Waals surface area contributed by atoms with Crippen LogP contribution >= 0.6 is 0 Å². The molecule has 0 spiro atoms. The number of anilines is 1. The smallest absolute Gasteiger partial charge is 0.315 e. The molecule has 0 saturated carbocycles. The molecule has 2 N–H and O–H groups in total. The van der Waals surface area contributed by atoms with Crippen molar-refractivity contribution in [1.82, 2.24) is 10.6 Å². The maximum Gasteiger partial charge on any atom is 0.315 e. The van der Waals surface area contributed by atoms with E-state index in [-0.39, 0.29) is 18.0 Å². The summed E-state index contributed by atoms with van der Waals surface area (Å²) >= 11 is 0. The summed E-state index contributed by atoms with van der Waals surface area (Å²) in [5.41, 5.74) is 0.830. The summed E-state index contributed by atoms with van der Waals surface area (Å²) < 4.78 is 5.41. The van der Waals surface area contributed by atoms with Crippen LogP contribution in [0.2, 0.25) is 0 Å². The van der Waals surface area contributed by atoms with E-state index in [1.165, 1.54) is 0 Å². The molecule has 0 radical (unpaired) electrons. The zero-order valence-electron chi connectivity index (χ0n) is 14.5. The Balaban J connectivity index is 1.83. The van der Waals surface area contributed by atoms with Gasteiger partial charge in [0.1, 0.15) is 5.75 Å². The highest BCUT2D eigenvalue weighted by Gasteiger charge is 2.31. The molecule has 0 aromatic heterocycles. The van der Waals surface area contributed by atoms with E-state index in [9.17, 15) is 9.59 Å². The molecule has 132 valence electrons. The van der Waals surface area contributed by atoms with Crippen LogP contribution in [0.25, 0.3) is 0 Å². The summed E-state index contributed by atoms with van der Waals surface area (Å²) in [7, 11) is 0. The minimum Gasteiger partial charge on any atom is -0.494 e. The van der Waals surface area contributed by atoms with Crippen LogP contribution in [0.15, 0.2) is 24.3 Å². The van der Waals surface area contributed by atoms with Crippen LogP contribution in [0.4, 0.5) is 10.5 Å². The fourth-order valence-corrected chi connectivity index (χ4v) is 2.76. The van der Waals surface area contributed by atoms with E-state index in [2.05, 4.69) is 17.6 Å². The maximum atomic E-state index is 12.2. The molecular weight excluding hydrogens is 306 g/mol. The maximum absolute atomic E-state index is 12.2. The summed E-state index contributed by atoms with van der Waals surface area (Å²) in [4.78, 5) is 25.8. The van der Waals surface area contributed by atoms with Crippen molar-refractivity contribution in [3.63, 3.8) is 0 Å². The Labute approximate surface area is 143 Å². The lowest BCUT2D eigenvalue weighted by atomic mass is 10.2. The van der Waals surface area contributed by atoms with Gasteiger partial charge in [-0.2, -0.15) is 0 Å². The highest BCUT2D eigenvalue weighted by atomic mass is 16.5. The molecule has 1 fully saturated rings. The summed E-state index contributed by atoms with van der Waals surface area (Å²) in [5.74, 6) is 0.810. The van der Waals surface area contributed by atoms with Crippen molar-refractivity contribution >= 4 is 17.6 Å². The number of amides is 3. The average Bonchev–Trinajstić information content (AvgIpc) is 2.93. The number of nitrogens with zero attached hydrogens (tertiary/aromatic N) is 1. The number of ether oxygens (including phenoxy) is 1. The van der Waals surface area contributed by atoms with E-state index in [0.29, 0.717) is 26.1 Å². The molecule has 1 aromatic rings. The van der Waals surface area contributed by atoms with Crippen LogP contribution in [0.3, 0.4) is 0 Å². The molecule has 2 rings (SSSR count). The van der Waals surface area contributed by atoms with Crippen molar-refractivity contribution in [2.45, 2.75) is 45.6 Å². The first kappa shape index (κ1) is 18.1. The first-order valence-electron chi connectivity index (χ1n) is 8.71. The topological polar surface area (TPSA) is 70.7 Å². The first-order chi connectivity index (χ1) is 11.6. The predicted molar refractivity (Wildman–Crippen MR) is 94.4 cm³/mol. The lowest BCUT2D eigenvalue weighted by Crippen LogP contribution is -2.43. The van der Waals surface area contributed by atoms with Crippen molar-refractivity contribution in [2.24, 2.45) is 0 Å². The number of unbranched alkanes of at least 4 members (excludes halogenated alkanes) is 2. The Morgan fingerprint density at radius 2 is 2.00 bits per heavy atom. The Kier molecular flexibility index (Phi) is 6.90. The second kappa shape index (κ2) is 9.15. The number of hydrogen-bond donors (Lipinski definition) is 2. The molecule has 1 saturated heterocycles. The molecule has 6 nitrogen and oxygen atoms in total. The highest BCUT2D eigenvalue weighted by molar-refractivity contribution is 5.96. The number of nitrogens with one attached hydrogen (secondary N) is 2. The van der Waals surface area contributed by atoms with Crippen LogP contribution in [0, 0.1) is 0 Å². The van der Waals surface area contributed by atoms with Gasteiger partial charge in [-0.3, -0.25) is 4.79 Å². The fraction of sp³-hybridized carbons (Fsp3) is 0.556. The SMILES string of the molecule is CCCCCNC(=O)NC1CC(=O)N(c2ccc(OCC)cc2)C1. The predicted octanol–water partition coefficient (Wildman–Crippen LogP) is 2.68. The van der Waals surface area contributed by atoms with Crippen molar-refractivity contribution < 1.29 is 14.3 Å². The van der Waals surface area contributed by atoms with Crippen molar-refractivity contribution in [3.8, 4) is 5.75 Å². The minimum absolute atomic E-state index is 0.0236. The number of carbonyl (C=O) groups is 2. The Bertz CT molecular complexity index is 545. The monoisotopic (exact) mass is 333 g/mol. The molecule has 1 unspecified atom stereocenters. The Hall–Kier alpha value is -2.24. The van der Waals surface area contributed by atoms with Crippen molar-refractivity contribution in [2.75, 3.05) is 24.6 Å². The second-order valence-electron chi connectivity index (χ2n) is 5.94. The summed E-state index contributed by atoms with van der Waals surface area (Å²) in [6.45, 7) is 5.83. The number of carbonyl (C=O) groups excluding carboxylic acids is 2. The van der Waals surface area contributed by atoms with Crippen LogP contribution in [-0.4, -0.2) is 37.7 Å². The largest absolute Gasteiger partial charge is 0.494 e. The molecule has 6 heteroatoms. The lowest BCUT2D eigenvalue weighted by Gasteiger charge is -2.18. The van der Waals surface area contributed by atoms with E-state index in [4.69, 9.17) is 4.74 Å². The van der Waals surface area contributed by atoms with Gasteiger partial charge in [0.2, 0.25) is 5.91 Å². The minimum atomic E-state index is -0.197. The van der Waals surface area contributed by atoms with Crippen molar-refractivity contribution in [1.29, 1.82) is 0 Å². The summed E-state index contributed by atoms with van der Waals surface area (Å²) in [6.07, 6.45) is 3.53. The second-order valence-corrected chi connectivity index (χ2v) is 5.94. The molecule has 3 amide bonds.